The lowest BCUT2D eigenvalue weighted by Gasteiger charge is -2.51. The third-order valence-electron chi connectivity index (χ3n) is 7.33. The first kappa shape index (κ1) is 28.5. The summed E-state index contributed by atoms with van der Waals surface area (Å²) in [7, 11) is 1.16. The van der Waals surface area contributed by atoms with E-state index in [0.717, 1.165) is 19.3 Å². The second-order valence-electron chi connectivity index (χ2n) is 9.70. The van der Waals surface area contributed by atoms with E-state index in [1.807, 2.05) is 0 Å². The van der Waals surface area contributed by atoms with Crippen LogP contribution in [0.3, 0.4) is 0 Å². The topological polar surface area (TPSA) is 211 Å². The third-order valence-corrected chi connectivity index (χ3v) is 7.33. The molecular formula is C28H28O12. The van der Waals surface area contributed by atoms with Gasteiger partial charge >= 0.3 is 17.9 Å². The van der Waals surface area contributed by atoms with Crippen LogP contribution in [0, 0.1) is 17.8 Å². The lowest BCUT2D eigenvalue weighted by atomic mass is 9.55. The highest BCUT2D eigenvalue weighted by Gasteiger charge is 2.56. The molecule has 40 heavy (non-hydrogen) atoms. The van der Waals surface area contributed by atoms with Gasteiger partial charge in [-0.3, -0.25) is 4.79 Å². The summed E-state index contributed by atoms with van der Waals surface area (Å²) in [4.78, 5) is 37.1. The molecule has 7 N–H and O–H groups in total. The van der Waals surface area contributed by atoms with E-state index >= 15 is 0 Å². The van der Waals surface area contributed by atoms with Crippen LogP contribution in [0.5, 0.6) is 23.0 Å². The van der Waals surface area contributed by atoms with Crippen molar-refractivity contribution in [1.82, 2.24) is 0 Å². The highest BCUT2D eigenvalue weighted by atomic mass is 16.6. The summed E-state index contributed by atoms with van der Waals surface area (Å²) in [6.45, 7) is 0. The van der Waals surface area contributed by atoms with Crippen LogP contribution in [0.2, 0.25) is 0 Å². The van der Waals surface area contributed by atoms with Gasteiger partial charge in [0.1, 0.15) is 0 Å². The van der Waals surface area contributed by atoms with E-state index in [1.165, 1.54) is 36.4 Å². The number of aliphatic hydroxyl groups excluding tert-OH is 2. The van der Waals surface area contributed by atoms with Crippen molar-refractivity contribution in [1.29, 1.82) is 0 Å². The zero-order chi connectivity index (χ0) is 29.3. The number of rotatable bonds is 8. The number of phenols is 4. The zero-order valence-corrected chi connectivity index (χ0v) is 21.1. The molecule has 7 atom stereocenters. The van der Waals surface area contributed by atoms with Gasteiger partial charge < -0.3 is 45.2 Å². The Labute approximate surface area is 227 Å². The van der Waals surface area contributed by atoms with Crippen LogP contribution in [0.1, 0.15) is 17.0 Å². The Morgan fingerprint density at radius 2 is 1.55 bits per heavy atom. The van der Waals surface area contributed by atoms with Crippen LogP contribution in [0.25, 0.3) is 0 Å². The second-order valence-corrected chi connectivity index (χ2v) is 9.70. The van der Waals surface area contributed by atoms with Gasteiger partial charge in [0.2, 0.25) is 6.10 Å². The van der Waals surface area contributed by atoms with E-state index in [9.17, 15) is 50.1 Å². The van der Waals surface area contributed by atoms with Gasteiger partial charge in [-0.25, -0.2) is 9.59 Å². The number of hydrogen-bond acceptors (Lipinski definition) is 11. The van der Waals surface area contributed by atoms with E-state index < -0.39 is 77.1 Å². The lowest BCUT2D eigenvalue weighted by molar-refractivity contribution is -0.161. The Balaban J connectivity index is 1.59. The van der Waals surface area contributed by atoms with E-state index in [4.69, 9.17) is 9.47 Å². The maximum atomic E-state index is 12.9. The summed E-state index contributed by atoms with van der Waals surface area (Å²) in [5.41, 5.74) is 1.01. The third kappa shape index (κ3) is 5.44. The summed E-state index contributed by atoms with van der Waals surface area (Å²) in [5.74, 6) is -8.53. The molecule has 2 aromatic carbocycles. The van der Waals surface area contributed by atoms with Crippen LogP contribution < -0.4 is 0 Å². The predicted octanol–water partition coefficient (Wildman–Crippen LogP) is 1.08. The van der Waals surface area contributed by atoms with Gasteiger partial charge in [0.15, 0.2) is 23.0 Å². The molecule has 0 aliphatic heterocycles. The fourth-order valence-corrected chi connectivity index (χ4v) is 5.47. The van der Waals surface area contributed by atoms with Crippen molar-refractivity contribution in [3.05, 3.63) is 71.3 Å². The van der Waals surface area contributed by atoms with Gasteiger partial charge in [-0.15, -0.1) is 0 Å². The molecule has 2 bridgehead atoms. The van der Waals surface area contributed by atoms with E-state index in [1.54, 1.807) is 6.08 Å². The van der Waals surface area contributed by atoms with Crippen LogP contribution in [-0.2, 0) is 30.3 Å². The van der Waals surface area contributed by atoms with Gasteiger partial charge in [0.05, 0.1) is 25.2 Å². The molecule has 0 heterocycles. The van der Waals surface area contributed by atoms with Crippen LogP contribution in [0.15, 0.2) is 60.2 Å². The molecule has 12 nitrogen and oxygen atoms in total. The molecule has 212 valence electrons. The molecule has 1 fully saturated rings. The Morgan fingerprint density at radius 3 is 2.15 bits per heavy atom. The number of phenolic OH excluding ortho intramolecular Hbond substituents is 4. The van der Waals surface area contributed by atoms with Crippen molar-refractivity contribution in [2.75, 3.05) is 7.11 Å². The Morgan fingerprint density at radius 1 is 0.900 bits per heavy atom. The maximum absolute atomic E-state index is 12.9. The molecule has 7 unspecified atom stereocenters. The number of hydrogen-bond donors (Lipinski definition) is 7. The quantitative estimate of drug-likeness (QED) is 0.138. The van der Waals surface area contributed by atoms with Gasteiger partial charge in [-0.1, -0.05) is 24.3 Å². The van der Waals surface area contributed by atoms with Gasteiger partial charge in [-0.2, -0.15) is 0 Å². The number of aromatic hydroxyl groups is 4. The lowest BCUT2D eigenvalue weighted by Crippen LogP contribution is -2.57. The molecule has 0 radical (unpaired) electrons. The molecule has 5 rings (SSSR count). The number of benzene rings is 2. The molecule has 0 spiro atoms. The van der Waals surface area contributed by atoms with Crippen molar-refractivity contribution < 1.29 is 59.6 Å². The molecule has 3 aliphatic rings. The Hall–Kier alpha value is -4.55. The standard InChI is InChI=1S/C28H28O12/c1-39-28(38)24-22(14-3-6-17(30)19(32)11-14)15-10-13(23(24)26(35)25(15)34)4-7-21(33)40-20(27(36)37)9-12-2-5-16(29)18(31)8-12/h2-8,10-11,15,20,22-26,29-32,34-35H,9H2,1H3,(H,36,37). The summed E-state index contributed by atoms with van der Waals surface area (Å²) in [6.07, 6.45) is -0.855. The molecule has 2 aromatic rings. The maximum Gasteiger partial charge on any atom is 0.345 e. The number of carbonyl (C=O) groups excluding carboxylic acids is 2. The number of fused-ring (bicyclic) bond motifs is 2. The Kier molecular flexibility index (Phi) is 8.03. The molecule has 1 saturated carbocycles. The number of methoxy groups -OCH3 is 1. The van der Waals surface area contributed by atoms with Crippen molar-refractivity contribution >= 4 is 17.9 Å². The highest BCUT2D eigenvalue weighted by Crippen LogP contribution is 2.54. The molecule has 3 aliphatic carbocycles. The molecule has 0 aromatic heterocycles. The highest BCUT2D eigenvalue weighted by molar-refractivity contribution is 5.86. The summed E-state index contributed by atoms with van der Waals surface area (Å²) >= 11 is 0. The first-order valence-corrected chi connectivity index (χ1v) is 12.2. The second kappa shape index (κ2) is 11.3. The van der Waals surface area contributed by atoms with Crippen LogP contribution in [0.4, 0.5) is 0 Å². The van der Waals surface area contributed by atoms with Crippen molar-refractivity contribution in [2.24, 2.45) is 17.8 Å². The largest absolute Gasteiger partial charge is 0.504 e. The number of carboxylic acid groups (broad SMARTS) is 1. The van der Waals surface area contributed by atoms with Gasteiger partial charge in [-0.05, 0) is 41.0 Å². The smallest absolute Gasteiger partial charge is 0.345 e. The number of allylic oxidation sites excluding steroid dienone is 1. The number of carbonyl (C=O) groups is 3. The molecule has 0 amide bonds. The number of carboxylic acids is 1. The van der Waals surface area contributed by atoms with Crippen molar-refractivity contribution in [3.63, 3.8) is 0 Å². The van der Waals surface area contributed by atoms with E-state index in [0.29, 0.717) is 11.1 Å². The first-order chi connectivity index (χ1) is 18.9. The molecular weight excluding hydrogens is 528 g/mol. The van der Waals surface area contributed by atoms with Crippen LogP contribution >= 0.6 is 0 Å². The summed E-state index contributed by atoms with van der Waals surface area (Å²) in [5, 5.41) is 69.9. The minimum absolute atomic E-state index is 0.288. The number of aliphatic hydroxyl groups is 2. The van der Waals surface area contributed by atoms with Gasteiger partial charge in [0, 0.05) is 30.3 Å². The minimum Gasteiger partial charge on any atom is -0.504 e. The summed E-state index contributed by atoms with van der Waals surface area (Å²) in [6, 6.07) is 7.65. The Bertz CT molecular complexity index is 1380. The minimum atomic E-state index is -1.63. The van der Waals surface area contributed by atoms with E-state index in [2.05, 4.69) is 0 Å². The van der Waals surface area contributed by atoms with Crippen LogP contribution in [-0.4, -0.2) is 79.1 Å². The molecule has 0 saturated heterocycles. The van der Waals surface area contributed by atoms with Gasteiger partial charge in [0.25, 0.3) is 0 Å². The number of ether oxygens (including phenoxy) is 2. The average Bonchev–Trinajstić information content (AvgIpc) is 2.92. The zero-order valence-electron chi connectivity index (χ0n) is 21.1. The summed E-state index contributed by atoms with van der Waals surface area (Å²) < 4.78 is 10.0. The van der Waals surface area contributed by atoms with Crippen molar-refractivity contribution in [2.45, 2.75) is 30.7 Å². The normalized spacial score (nSPS) is 26.2. The number of aliphatic carboxylic acids is 1. The fourth-order valence-electron chi connectivity index (χ4n) is 5.47. The van der Waals surface area contributed by atoms with E-state index in [-0.39, 0.29) is 17.7 Å². The molecule has 12 heteroatoms. The first-order valence-electron chi connectivity index (χ1n) is 12.2. The monoisotopic (exact) mass is 556 g/mol. The predicted molar refractivity (Wildman–Crippen MR) is 135 cm³/mol. The number of esters is 2. The van der Waals surface area contributed by atoms with Crippen molar-refractivity contribution in [3.8, 4) is 23.0 Å². The average molecular weight is 557 g/mol. The fraction of sp³-hybridized carbons (Fsp3) is 0.321. The SMILES string of the molecule is COC(=O)C1C2C(C=CC(=O)OC(Cc3ccc(O)c(O)c3)C(=O)O)=CC(C(O)C2O)C1c1ccc(O)c(O)c1.